The van der Waals surface area contributed by atoms with E-state index in [1.807, 2.05) is 7.05 Å². The smallest absolute Gasteiger partial charge is 0.244 e. The van der Waals surface area contributed by atoms with E-state index < -0.39 is 10.0 Å². The van der Waals surface area contributed by atoms with Gasteiger partial charge < -0.3 is 5.32 Å². The Labute approximate surface area is 127 Å². The summed E-state index contributed by atoms with van der Waals surface area (Å²) in [6, 6.07) is 4.87. The summed E-state index contributed by atoms with van der Waals surface area (Å²) >= 11 is 9.35. The largest absolute Gasteiger partial charge is 0.318 e. The maximum Gasteiger partial charge on any atom is 0.244 e. The molecule has 106 valence electrons. The number of nitrogens with zero attached hydrogens (tertiary/aromatic N) is 1. The van der Waals surface area contributed by atoms with Gasteiger partial charge in [-0.1, -0.05) is 27.5 Å². The van der Waals surface area contributed by atoms with E-state index in [4.69, 9.17) is 11.6 Å². The maximum absolute atomic E-state index is 12.7. The summed E-state index contributed by atoms with van der Waals surface area (Å²) in [7, 11) is -1.69. The molecule has 0 spiro atoms. The number of hydrogen-bond donors (Lipinski definition) is 1. The van der Waals surface area contributed by atoms with Crippen LogP contribution in [0.5, 0.6) is 0 Å². The number of halogens is 2. The molecule has 1 aliphatic heterocycles. The van der Waals surface area contributed by atoms with Gasteiger partial charge in [-0.05, 0) is 38.1 Å². The Morgan fingerprint density at radius 1 is 1.53 bits per heavy atom. The minimum atomic E-state index is -3.52. The van der Waals surface area contributed by atoms with Crippen LogP contribution in [0.1, 0.15) is 12.8 Å². The summed E-state index contributed by atoms with van der Waals surface area (Å²) in [4.78, 5) is 0.181. The van der Waals surface area contributed by atoms with Crippen LogP contribution < -0.4 is 5.32 Å². The van der Waals surface area contributed by atoms with Crippen LogP contribution in [0.15, 0.2) is 27.6 Å². The van der Waals surface area contributed by atoms with Crippen LogP contribution >= 0.6 is 27.5 Å². The quantitative estimate of drug-likeness (QED) is 0.889. The highest BCUT2D eigenvalue weighted by molar-refractivity contribution is 9.10. The molecule has 1 aliphatic rings. The molecule has 19 heavy (non-hydrogen) atoms. The molecule has 0 amide bonds. The van der Waals surface area contributed by atoms with Crippen LogP contribution in [0.2, 0.25) is 5.02 Å². The molecule has 1 heterocycles. The monoisotopic (exact) mass is 366 g/mol. The summed E-state index contributed by atoms with van der Waals surface area (Å²) < 4.78 is 27.6. The fraction of sp³-hybridized carbons (Fsp3) is 0.500. The highest BCUT2D eigenvalue weighted by Gasteiger charge is 2.35. The van der Waals surface area contributed by atoms with Gasteiger partial charge in [-0.15, -0.1) is 0 Å². The van der Waals surface area contributed by atoms with Crippen LogP contribution in [-0.2, 0) is 10.0 Å². The van der Waals surface area contributed by atoms with Crippen molar-refractivity contribution in [3.05, 3.63) is 27.7 Å². The standard InChI is InChI=1S/C12H16BrClN2O2S/c1-15-8-10-3-2-6-16(10)19(17,18)12-5-4-9(13)7-11(12)14/h4-5,7,10,15H,2-3,6,8H2,1H3. The van der Waals surface area contributed by atoms with Crippen LogP contribution in [-0.4, -0.2) is 38.9 Å². The molecule has 1 aromatic rings. The first kappa shape index (κ1) is 15.3. The molecule has 1 atom stereocenters. The van der Waals surface area contributed by atoms with Crippen molar-refractivity contribution >= 4 is 37.6 Å². The molecule has 1 N–H and O–H groups in total. The van der Waals surface area contributed by atoms with Gasteiger partial charge >= 0.3 is 0 Å². The lowest BCUT2D eigenvalue weighted by molar-refractivity contribution is 0.379. The normalized spacial score (nSPS) is 20.9. The Kier molecular flexibility index (Phi) is 4.89. The number of sulfonamides is 1. The third-order valence-corrected chi connectivity index (χ3v) is 6.17. The SMILES string of the molecule is CNCC1CCCN1S(=O)(=O)c1ccc(Br)cc1Cl. The van der Waals surface area contributed by atoms with E-state index in [-0.39, 0.29) is 16.0 Å². The van der Waals surface area contributed by atoms with Gasteiger partial charge in [0.1, 0.15) is 4.90 Å². The molecule has 2 rings (SSSR count). The first-order valence-corrected chi connectivity index (χ1v) is 8.69. The van der Waals surface area contributed by atoms with E-state index in [0.717, 1.165) is 17.3 Å². The Balaban J connectivity index is 2.36. The highest BCUT2D eigenvalue weighted by Crippen LogP contribution is 2.31. The first-order chi connectivity index (χ1) is 8.96. The molecular weight excluding hydrogens is 352 g/mol. The zero-order valence-corrected chi connectivity index (χ0v) is 13.7. The molecule has 0 aliphatic carbocycles. The predicted octanol–water partition coefficient (Wildman–Crippen LogP) is 2.48. The maximum atomic E-state index is 12.7. The molecular formula is C12H16BrClN2O2S. The average molecular weight is 368 g/mol. The third kappa shape index (κ3) is 3.13. The minimum Gasteiger partial charge on any atom is -0.318 e. The van der Waals surface area contributed by atoms with Crippen molar-refractivity contribution in [3.63, 3.8) is 0 Å². The Bertz CT molecular complexity index is 565. The molecule has 1 saturated heterocycles. The van der Waals surface area contributed by atoms with Gasteiger partial charge in [-0.25, -0.2) is 8.42 Å². The van der Waals surface area contributed by atoms with Crippen molar-refractivity contribution in [3.8, 4) is 0 Å². The van der Waals surface area contributed by atoms with Gasteiger partial charge in [0.25, 0.3) is 0 Å². The first-order valence-electron chi connectivity index (χ1n) is 6.08. The summed E-state index contributed by atoms with van der Waals surface area (Å²) in [5, 5.41) is 3.29. The lowest BCUT2D eigenvalue weighted by Gasteiger charge is -2.24. The van der Waals surface area contributed by atoms with Gasteiger partial charge in [0.15, 0.2) is 0 Å². The van der Waals surface area contributed by atoms with Crippen LogP contribution in [0.25, 0.3) is 0 Å². The second-order valence-corrected chi connectivity index (χ2v) is 7.73. The number of likely N-dealkylation sites (N-methyl/N-ethyl adjacent to an activating group) is 1. The second kappa shape index (κ2) is 6.10. The Hall–Kier alpha value is -0.140. The molecule has 1 aromatic carbocycles. The zero-order chi connectivity index (χ0) is 14.0. The van der Waals surface area contributed by atoms with E-state index in [0.29, 0.717) is 13.1 Å². The van der Waals surface area contributed by atoms with E-state index in [1.165, 1.54) is 0 Å². The number of rotatable bonds is 4. The Morgan fingerprint density at radius 3 is 2.89 bits per heavy atom. The van der Waals surface area contributed by atoms with E-state index >= 15 is 0 Å². The summed E-state index contributed by atoms with van der Waals surface area (Å²) in [6.07, 6.45) is 1.77. The van der Waals surface area contributed by atoms with Gasteiger partial charge in [0.05, 0.1) is 5.02 Å². The zero-order valence-electron chi connectivity index (χ0n) is 10.6. The third-order valence-electron chi connectivity index (χ3n) is 3.24. The van der Waals surface area contributed by atoms with Crippen molar-refractivity contribution in [1.82, 2.24) is 9.62 Å². The molecule has 1 unspecified atom stereocenters. The lowest BCUT2D eigenvalue weighted by atomic mass is 10.2. The number of nitrogens with one attached hydrogen (secondary N) is 1. The molecule has 1 fully saturated rings. The van der Waals surface area contributed by atoms with Crippen molar-refractivity contribution in [1.29, 1.82) is 0 Å². The number of hydrogen-bond acceptors (Lipinski definition) is 3. The van der Waals surface area contributed by atoms with Gasteiger partial charge in [0, 0.05) is 23.6 Å². The van der Waals surface area contributed by atoms with Crippen molar-refractivity contribution in [2.45, 2.75) is 23.8 Å². The fourth-order valence-electron chi connectivity index (χ4n) is 2.38. The van der Waals surface area contributed by atoms with Gasteiger partial charge in [-0.2, -0.15) is 4.31 Å². The van der Waals surface area contributed by atoms with Crippen LogP contribution in [0, 0.1) is 0 Å². The predicted molar refractivity (Wildman–Crippen MR) is 80.0 cm³/mol. The highest BCUT2D eigenvalue weighted by atomic mass is 79.9. The topological polar surface area (TPSA) is 49.4 Å². The second-order valence-electron chi connectivity index (χ2n) is 4.54. The van der Waals surface area contributed by atoms with Crippen molar-refractivity contribution < 1.29 is 8.42 Å². The van der Waals surface area contributed by atoms with Crippen LogP contribution in [0.4, 0.5) is 0 Å². The summed E-state index contributed by atoms with van der Waals surface area (Å²) in [5.74, 6) is 0. The Morgan fingerprint density at radius 2 is 2.26 bits per heavy atom. The fourth-order valence-corrected chi connectivity index (χ4v) is 5.08. The molecule has 0 bridgehead atoms. The molecule has 4 nitrogen and oxygen atoms in total. The molecule has 0 radical (unpaired) electrons. The number of benzene rings is 1. The summed E-state index contributed by atoms with van der Waals surface area (Å²) in [6.45, 7) is 1.22. The summed E-state index contributed by atoms with van der Waals surface area (Å²) in [5.41, 5.74) is 0. The van der Waals surface area contributed by atoms with Gasteiger partial charge in [0.2, 0.25) is 10.0 Å². The van der Waals surface area contributed by atoms with E-state index in [1.54, 1.807) is 22.5 Å². The minimum absolute atomic E-state index is 0.00899. The van der Waals surface area contributed by atoms with E-state index in [2.05, 4.69) is 21.2 Å². The van der Waals surface area contributed by atoms with Crippen molar-refractivity contribution in [2.75, 3.05) is 20.1 Å². The van der Waals surface area contributed by atoms with Crippen molar-refractivity contribution in [2.24, 2.45) is 0 Å². The average Bonchev–Trinajstić information content (AvgIpc) is 2.78. The van der Waals surface area contributed by atoms with Gasteiger partial charge in [-0.3, -0.25) is 0 Å². The lowest BCUT2D eigenvalue weighted by Crippen LogP contribution is -2.40. The molecule has 7 heteroatoms. The van der Waals surface area contributed by atoms with Crippen LogP contribution in [0.3, 0.4) is 0 Å². The van der Waals surface area contributed by atoms with E-state index in [9.17, 15) is 8.42 Å². The molecule has 0 saturated carbocycles. The molecule has 0 aromatic heterocycles.